The molecule has 6 heteroatoms. The maximum atomic E-state index is 12.0. The Morgan fingerprint density at radius 3 is 2.25 bits per heavy atom. The fourth-order valence-corrected chi connectivity index (χ4v) is 2.57. The van der Waals surface area contributed by atoms with Crippen LogP contribution in [0.15, 0.2) is 0 Å². The lowest BCUT2D eigenvalue weighted by Gasteiger charge is -2.31. The lowest BCUT2D eigenvalue weighted by molar-refractivity contribution is -0.123. The fourth-order valence-electron chi connectivity index (χ4n) is 2.57. The summed E-state index contributed by atoms with van der Waals surface area (Å²) in [6.45, 7) is 5.20. The third kappa shape index (κ3) is 7.67. The van der Waals surface area contributed by atoms with E-state index < -0.39 is 0 Å². The van der Waals surface area contributed by atoms with Crippen LogP contribution in [0.4, 0.5) is 0 Å². The van der Waals surface area contributed by atoms with Crippen molar-refractivity contribution >= 4 is 30.7 Å². The zero-order chi connectivity index (χ0) is 13.5. The van der Waals surface area contributed by atoms with Crippen molar-refractivity contribution in [3.05, 3.63) is 0 Å². The minimum absolute atomic E-state index is 0. The number of likely N-dealkylation sites (N-methyl/N-ethyl adjacent to an activating group) is 1. The Labute approximate surface area is 136 Å². The minimum Gasteiger partial charge on any atom is -0.351 e. The third-order valence-electron chi connectivity index (χ3n) is 4.09. The second-order valence-corrected chi connectivity index (χ2v) is 5.82. The molecule has 3 N–H and O–H groups in total. The summed E-state index contributed by atoms with van der Waals surface area (Å²) in [4.78, 5) is 14.0. The lowest BCUT2D eigenvalue weighted by Crippen LogP contribution is -2.49. The van der Waals surface area contributed by atoms with Crippen molar-refractivity contribution in [2.75, 3.05) is 20.1 Å². The van der Waals surface area contributed by atoms with Crippen molar-refractivity contribution in [1.82, 2.24) is 10.2 Å². The Balaban J connectivity index is 0. The van der Waals surface area contributed by atoms with E-state index >= 15 is 0 Å². The Bertz CT molecular complexity index is 259. The molecule has 0 bridgehead atoms. The average molecular weight is 328 g/mol. The van der Waals surface area contributed by atoms with Crippen LogP contribution in [0.1, 0.15) is 46.0 Å². The molecule has 4 nitrogen and oxygen atoms in total. The van der Waals surface area contributed by atoms with Gasteiger partial charge in [0.1, 0.15) is 0 Å². The van der Waals surface area contributed by atoms with Crippen LogP contribution in [0.3, 0.4) is 0 Å². The smallest absolute Gasteiger partial charge is 0.234 e. The van der Waals surface area contributed by atoms with E-state index in [2.05, 4.69) is 19.2 Å². The highest BCUT2D eigenvalue weighted by atomic mass is 35.5. The highest BCUT2D eigenvalue weighted by Gasteiger charge is 2.24. The van der Waals surface area contributed by atoms with Gasteiger partial charge in [0.25, 0.3) is 0 Å². The second-order valence-electron chi connectivity index (χ2n) is 5.82. The van der Waals surface area contributed by atoms with Crippen molar-refractivity contribution in [1.29, 1.82) is 0 Å². The summed E-state index contributed by atoms with van der Waals surface area (Å²) in [5.41, 5.74) is 5.81. The molecule has 0 saturated heterocycles. The lowest BCUT2D eigenvalue weighted by atomic mass is 9.84. The molecule has 0 aromatic heterocycles. The summed E-state index contributed by atoms with van der Waals surface area (Å²) in [6.07, 6.45) is 6.31. The summed E-state index contributed by atoms with van der Waals surface area (Å²) in [5.74, 6) is 0.685. The molecule has 1 aliphatic rings. The van der Waals surface area contributed by atoms with Gasteiger partial charge in [-0.15, -0.1) is 24.8 Å². The SMILES string of the molecule is CC(C)N(C)CC(=O)NC(CN)C1CCCCC1.Cl.Cl. The first-order chi connectivity index (χ1) is 8.54. The second kappa shape index (κ2) is 11.6. The molecule has 1 aliphatic carbocycles. The first kappa shape index (κ1) is 22.3. The minimum atomic E-state index is 0. The van der Waals surface area contributed by atoms with E-state index in [0.29, 0.717) is 25.0 Å². The van der Waals surface area contributed by atoms with Crippen LogP contribution in [0.5, 0.6) is 0 Å². The Hall–Kier alpha value is -0.0300. The van der Waals surface area contributed by atoms with Crippen LogP contribution >= 0.6 is 24.8 Å². The molecule has 20 heavy (non-hydrogen) atoms. The van der Waals surface area contributed by atoms with E-state index in [1.165, 1.54) is 32.1 Å². The van der Waals surface area contributed by atoms with Crippen molar-refractivity contribution in [3.63, 3.8) is 0 Å². The molecule has 1 atom stereocenters. The predicted molar refractivity (Wildman–Crippen MR) is 89.8 cm³/mol. The molecule has 122 valence electrons. The molecule has 1 rings (SSSR count). The Kier molecular flexibility index (Phi) is 12.9. The molecule has 1 saturated carbocycles. The monoisotopic (exact) mass is 327 g/mol. The van der Waals surface area contributed by atoms with Gasteiger partial charge in [-0.05, 0) is 39.7 Å². The van der Waals surface area contributed by atoms with Crippen LogP contribution in [-0.2, 0) is 4.79 Å². The zero-order valence-corrected chi connectivity index (χ0v) is 14.6. The van der Waals surface area contributed by atoms with Crippen LogP contribution in [0.25, 0.3) is 0 Å². The molecular formula is C14H31Cl2N3O. The maximum Gasteiger partial charge on any atom is 0.234 e. The average Bonchev–Trinajstić information content (AvgIpc) is 2.36. The summed E-state index contributed by atoms with van der Waals surface area (Å²) >= 11 is 0. The number of rotatable bonds is 6. The van der Waals surface area contributed by atoms with Crippen molar-refractivity contribution in [3.8, 4) is 0 Å². The van der Waals surface area contributed by atoms with Crippen LogP contribution in [0.2, 0.25) is 0 Å². The number of hydrogen-bond donors (Lipinski definition) is 2. The van der Waals surface area contributed by atoms with Crippen molar-refractivity contribution in [2.45, 2.75) is 58.0 Å². The molecule has 0 aliphatic heterocycles. The standard InChI is InChI=1S/C14H29N3O.2ClH/c1-11(2)17(3)10-14(18)16-13(9-15)12-7-5-4-6-8-12;;/h11-13H,4-10,15H2,1-3H3,(H,16,18);2*1H. The molecule has 0 radical (unpaired) electrons. The van der Waals surface area contributed by atoms with Gasteiger partial charge in [-0.2, -0.15) is 0 Å². The zero-order valence-electron chi connectivity index (χ0n) is 12.9. The van der Waals surface area contributed by atoms with Gasteiger partial charge in [0.05, 0.1) is 6.54 Å². The highest BCUT2D eigenvalue weighted by molar-refractivity contribution is 5.85. The largest absolute Gasteiger partial charge is 0.351 e. The summed E-state index contributed by atoms with van der Waals surface area (Å²) < 4.78 is 0. The molecular weight excluding hydrogens is 297 g/mol. The number of nitrogens with zero attached hydrogens (tertiary/aromatic N) is 1. The molecule has 0 aromatic rings. The van der Waals surface area contributed by atoms with Crippen LogP contribution in [-0.4, -0.2) is 43.0 Å². The number of nitrogens with two attached hydrogens (primary N) is 1. The molecule has 1 unspecified atom stereocenters. The van der Waals surface area contributed by atoms with Gasteiger partial charge in [0.15, 0.2) is 0 Å². The topological polar surface area (TPSA) is 58.4 Å². The fraction of sp³-hybridized carbons (Fsp3) is 0.929. The third-order valence-corrected chi connectivity index (χ3v) is 4.09. The first-order valence-corrected chi connectivity index (χ1v) is 7.24. The predicted octanol–water partition coefficient (Wildman–Crippen LogP) is 2.19. The van der Waals surface area contributed by atoms with Crippen LogP contribution < -0.4 is 11.1 Å². The number of halogens is 2. The van der Waals surface area contributed by atoms with Gasteiger partial charge in [-0.1, -0.05) is 19.3 Å². The van der Waals surface area contributed by atoms with E-state index in [4.69, 9.17) is 5.73 Å². The number of nitrogens with one attached hydrogen (secondary N) is 1. The summed E-state index contributed by atoms with van der Waals surface area (Å²) in [6, 6.07) is 0.556. The van der Waals surface area contributed by atoms with Gasteiger partial charge in [-0.3, -0.25) is 9.69 Å². The first-order valence-electron chi connectivity index (χ1n) is 7.24. The molecule has 0 spiro atoms. The quantitative estimate of drug-likeness (QED) is 0.786. The molecule has 0 heterocycles. The van der Waals surface area contributed by atoms with E-state index in [-0.39, 0.29) is 36.8 Å². The van der Waals surface area contributed by atoms with Crippen molar-refractivity contribution in [2.24, 2.45) is 11.7 Å². The maximum absolute atomic E-state index is 12.0. The summed E-state index contributed by atoms with van der Waals surface area (Å²) in [7, 11) is 1.97. The van der Waals surface area contributed by atoms with Crippen LogP contribution in [0, 0.1) is 5.92 Å². The Morgan fingerprint density at radius 1 is 1.25 bits per heavy atom. The normalized spacial score (nSPS) is 17.3. The van der Waals surface area contributed by atoms with Gasteiger partial charge < -0.3 is 11.1 Å². The van der Waals surface area contributed by atoms with E-state index in [9.17, 15) is 4.79 Å². The number of carbonyl (C=O) groups excluding carboxylic acids is 1. The van der Waals surface area contributed by atoms with Crippen molar-refractivity contribution < 1.29 is 4.79 Å². The highest BCUT2D eigenvalue weighted by Crippen LogP contribution is 2.26. The number of amides is 1. The number of hydrogen-bond acceptors (Lipinski definition) is 3. The van der Waals surface area contributed by atoms with E-state index in [0.717, 1.165) is 0 Å². The van der Waals surface area contributed by atoms with Gasteiger partial charge in [0, 0.05) is 18.6 Å². The summed E-state index contributed by atoms with van der Waals surface area (Å²) in [5, 5.41) is 3.12. The number of carbonyl (C=O) groups is 1. The Morgan fingerprint density at radius 2 is 1.80 bits per heavy atom. The van der Waals surface area contributed by atoms with E-state index in [1.807, 2.05) is 11.9 Å². The van der Waals surface area contributed by atoms with Gasteiger partial charge in [-0.25, -0.2) is 0 Å². The van der Waals surface area contributed by atoms with Gasteiger partial charge >= 0.3 is 0 Å². The molecule has 0 aromatic carbocycles. The van der Waals surface area contributed by atoms with Gasteiger partial charge in [0.2, 0.25) is 5.91 Å². The molecule has 1 fully saturated rings. The van der Waals surface area contributed by atoms with E-state index in [1.54, 1.807) is 0 Å². The molecule has 1 amide bonds.